The molecule has 98 valence electrons. The van der Waals surface area contributed by atoms with E-state index in [0.717, 1.165) is 32.1 Å². The summed E-state index contributed by atoms with van der Waals surface area (Å²) in [6, 6.07) is 0. The van der Waals surface area contributed by atoms with Crippen LogP contribution in [0.4, 0.5) is 0 Å². The average molecular weight is 236 g/mol. The highest BCUT2D eigenvalue weighted by molar-refractivity contribution is 5.04. The van der Waals surface area contributed by atoms with Gasteiger partial charge in [0, 0.05) is 0 Å². The molecule has 1 atom stereocenters. The number of allylic oxidation sites excluding steroid dienone is 4. The van der Waals surface area contributed by atoms with Crippen LogP contribution in [-0.4, -0.2) is 10.7 Å². The standard InChI is InChI=1S/C16H28O/c1-6-14(3)10-8-11-15(4)12-9-13-16(5,17)7-2/h7,10,12,17H,2,6,8-9,11,13H2,1,3-5H3. The number of aliphatic hydroxyl groups is 1. The summed E-state index contributed by atoms with van der Waals surface area (Å²) in [5, 5.41) is 9.76. The zero-order valence-electron chi connectivity index (χ0n) is 11.9. The van der Waals surface area contributed by atoms with Gasteiger partial charge in [-0.15, -0.1) is 6.58 Å². The third-order valence-electron chi connectivity index (χ3n) is 3.17. The quantitative estimate of drug-likeness (QED) is 0.601. The van der Waals surface area contributed by atoms with Crippen molar-refractivity contribution < 1.29 is 5.11 Å². The van der Waals surface area contributed by atoms with Crippen molar-refractivity contribution in [2.75, 3.05) is 0 Å². The summed E-state index contributed by atoms with van der Waals surface area (Å²) in [7, 11) is 0. The topological polar surface area (TPSA) is 20.2 Å². The molecular formula is C16H28O. The molecule has 0 fully saturated rings. The van der Waals surface area contributed by atoms with Gasteiger partial charge in [-0.2, -0.15) is 0 Å². The van der Waals surface area contributed by atoms with Gasteiger partial charge in [0.25, 0.3) is 0 Å². The maximum Gasteiger partial charge on any atom is 0.0800 e. The highest BCUT2D eigenvalue weighted by Crippen LogP contribution is 2.15. The Kier molecular flexibility index (Phi) is 7.90. The van der Waals surface area contributed by atoms with Crippen LogP contribution in [0.15, 0.2) is 36.0 Å². The lowest BCUT2D eigenvalue weighted by Crippen LogP contribution is -2.19. The van der Waals surface area contributed by atoms with Crippen LogP contribution in [0.3, 0.4) is 0 Å². The summed E-state index contributed by atoms with van der Waals surface area (Å²) in [6.07, 6.45) is 11.2. The zero-order chi connectivity index (χ0) is 13.3. The Labute approximate surface area is 107 Å². The van der Waals surface area contributed by atoms with Gasteiger partial charge in [0.05, 0.1) is 5.60 Å². The summed E-state index contributed by atoms with van der Waals surface area (Å²) < 4.78 is 0. The van der Waals surface area contributed by atoms with Crippen molar-refractivity contribution in [3.63, 3.8) is 0 Å². The Balaban J connectivity index is 3.91. The first-order chi connectivity index (χ1) is 7.91. The molecule has 0 saturated carbocycles. The molecule has 17 heavy (non-hydrogen) atoms. The van der Waals surface area contributed by atoms with Gasteiger partial charge in [0.15, 0.2) is 0 Å². The van der Waals surface area contributed by atoms with Crippen molar-refractivity contribution in [3.05, 3.63) is 36.0 Å². The van der Waals surface area contributed by atoms with E-state index < -0.39 is 5.60 Å². The van der Waals surface area contributed by atoms with Crippen molar-refractivity contribution in [1.29, 1.82) is 0 Å². The van der Waals surface area contributed by atoms with E-state index in [2.05, 4.69) is 39.5 Å². The monoisotopic (exact) mass is 236 g/mol. The van der Waals surface area contributed by atoms with E-state index in [4.69, 9.17) is 0 Å². The van der Waals surface area contributed by atoms with E-state index in [1.807, 2.05) is 0 Å². The fourth-order valence-corrected chi connectivity index (χ4v) is 1.51. The summed E-state index contributed by atoms with van der Waals surface area (Å²) in [5.74, 6) is 0. The molecule has 0 saturated heterocycles. The molecule has 0 aromatic heterocycles. The second kappa shape index (κ2) is 8.30. The van der Waals surface area contributed by atoms with Crippen LogP contribution in [0.1, 0.15) is 59.8 Å². The Morgan fingerprint density at radius 2 is 1.76 bits per heavy atom. The Hall–Kier alpha value is -0.820. The fourth-order valence-electron chi connectivity index (χ4n) is 1.51. The second-order valence-corrected chi connectivity index (χ2v) is 5.09. The van der Waals surface area contributed by atoms with Crippen molar-refractivity contribution >= 4 is 0 Å². The van der Waals surface area contributed by atoms with Crippen LogP contribution in [0.5, 0.6) is 0 Å². The smallest absolute Gasteiger partial charge is 0.0800 e. The first-order valence-electron chi connectivity index (χ1n) is 6.58. The molecular weight excluding hydrogens is 208 g/mol. The van der Waals surface area contributed by atoms with E-state index >= 15 is 0 Å². The molecule has 0 spiro atoms. The molecule has 1 nitrogen and oxygen atoms in total. The van der Waals surface area contributed by atoms with Gasteiger partial charge in [-0.25, -0.2) is 0 Å². The molecule has 1 unspecified atom stereocenters. The van der Waals surface area contributed by atoms with E-state index in [1.165, 1.54) is 11.1 Å². The van der Waals surface area contributed by atoms with Crippen LogP contribution in [0, 0.1) is 0 Å². The molecule has 0 bridgehead atoms. The zero-order valence-corrected chi connectivity index (χ0v) is 11.9. The third-order valence-corrected chi connectivity index (χ3v) is 3.17. The van der Waals surface area contributed by atoms with Crippen molar-refractivity contribution in [1.82, 2.24) is 0 Å². The van der Waals surface area contributed by atoms with E-state index in [-0.39, 0.29) is 0 Å². The van der Waals surface area contributed by atoms with Gasteiger partial charge in [-0.1, -0.05) is 36.3 Å². The predicted octanol–water partition coefficient (Wildman–Crippen LogP) is 4.79. The minimum absolute atomic E-state index is 0.727. The molecule has 0 amide bonds. The molecule has 0 rings (SSSR count). The molecule has 0 aliphatic heterocycles. The van der Waals surface area contributed by atoms with Gasteiger partial charge in [0.2, 0.25) is 0 Å². The molecule has 0 aromatic carbocycles. The van der Waals surface area contributed by atoms with Gasteiger partial charge in [-0.05, 0) is 52.9 Å². The fraction of sp³-hybridized carbons (Fsp3) is 0.625. The Morgan fingerprint density at radius 1 is 1.18 bits per heavy atom. The molecule has 1 N–H and O–H groups in total. The first kappa shape index (κ1) is 16.2. The number of rotatable bonds is 8. The van der Waals surface area contributed by atoms with Crippen molar-refractivity contribution in [2.24, 2.45) is 0 Å². The van der Waals surface area contributed by atoms with E-state index in [9.17, 15) is 5.11 Å². The predicted molar refractivity (Wildman–Crippen MR) is 77.1 cm³/mol. The van der Waals surface area contributed by atoms with Gasteiger partial charge in [0.1, 0.15) is 0 Å². The van der Waals surface area contributed by atoms with Crippen LogP contribution in [0.25, 0.3) is 0 Å². The molecule has 0 aliphatic carbocycles. The number of hydrogen-bond acceptors (Lipinski definition) is 1. The molecule has 0 aromatic rings. The lowest BCUT2D eigenvalue weighted by atomic mass is 9.99. The minimum Gasteiger partial charge on any atom is -0.386 e. The van der Waals surface area contributed by atoms with Gasteiger partial charge in [-0.3, -0.25) is 0 Å². The normalized spacial score (nSPS) is 16.8. The van der Waals surface area contributed by atoms with Crippen LogP contribution >= 0.6 is 0 Å². The maximum atomic E-state index is 9.76. The average Bonchev–Trinajstić information content (AvgIpc) is 2.28. The SMILES string of the molecule is C=CC(C)(O)CCC=C(C)CCC=C(C)CC. The number of hydrogen-bond donors (Lipinski definition) is 1. The second-order valence-electron chi connectivity index (χ2n) is 5.09. The Bertz CT molecular complexity index is 282. The van der Waals surface area contributed by atoms with Crippen LogP contribution in [-0.2, 0) is 0 Å². The third kappa shape index (κ3) is 8.93. The van der Waals surface area contributed by atoms with E-state index in [0.29, 0.717) is 0 Å². The lowest BCUT2D eigenvalue weighted by Gasteiger charge is -2.16. The highest BCUT2D eigenvalue weighted by Gasteiger charge is 2.13. The summed E-state index contributed by atoms with van der Waals surface area (Å²) in [6.45, 7) is 12.0. The molecule has 0 radical (unpaired) electrons. The summed E-state index contributed by atoms with van der Waals surface area (Å²) in [4.78, 5) is 0. The maximum absolute atomic E-state index is 9.76. The van der Waals surface area contributed by atoms with Crippen LogP contribution < -0.4 is 0 Å². The van der Waals surface area contributed by atoms with Gasteiger partial charge >= 0.3 is 0 Å². The first-order valence-corrected chi connectivity index (χ1v) is 6.58. The molecule has 0 aliphatic rings. The lowest BCUT2D eigenvalue weighted by molar-refractivity contribution is 0.103. The van der Waals surface area contributed by atoms with E-state index in [1.54, 1.807) is 13.0 Å². The summed E-state index contributed by atoms with van der Waals surface area (Å²) >= 11 is 0. The van der Waals surface area contributed by atoms with Crippen molar-refractivity contribution in [2.45, 2.75) is 65.4 Å². The minimum atomic E-state index is -0.727. The molecule has 1 heteroatoms. The van der Waals surface area contributed by atoms with Gasteiger partial charge < -0.3 is 5.11 Å². The summed E-state index contributed by atoms with van der Waals surface area (Å²) in [5.41, 5.74) is 2.15. The highest BCUT2D eigenvalue weighted by atomic mass is 16.3. The van der Waals surface area contributed by atoms with Crippen molar-refractivity contribution in [3.8, 4) is 0 Å². The Morgan fingerprint density at radius 3 is 2.29 bits per heavy atom. The largest absolute Gasteiger partial charge is 0.386 e. The molecule has 0 heterocycles. The van der Waals surface area contributed by atoms with Crippen LogP contribution in [0.2, 0.25) is 0 Å².